The van der Waals surface area contributed by atoms with E-state index in [9.17, 15) is 13.2 Å². The number of nitrogens with one attached hydrogen (secondary N) is 1. The van der Waals surface area contributed by atoms with Gasteiger partial charge >= 0.3 is 6.18 Å². The molecule has 0 spiro atoms. The van der Waals surface area contributed by atoms with Crippen LogP contribution in [-0.4, -0.2) is 45.7 Å². The standard InChI is InChI=1S/C21H22F3N5O/c1-14(21(22,23)24)6-7-15(2)29-10-8-17(9-11-29)30-18-5-3-4-16(12-18)20-19(13-25)26-28-27-20/h3-7,12,17H,8-11H2,1-2H3,(H,26,27,28)/b14-6+,15-7+. The first kappa shape index (κ1) is 21.4. The molecule has 1 aliphatic rings. The second-order valence-corrected chi connectivity index (χ2v) is 7.12. The van der Waals surface area contributed by atoms with Crippen LogP contribution in [0.5, 0.6) is 5.75 Å². The Labute approximate surface area is 172 Å². The Kier molecular flexibility index (Phi) is 6.45. The average molecular weight is 417 g/mol. The van der Waals surface area contributed by atoms with E-state index in [1.165, 1.54) is 6.08 Å². The smallest absolute Gasteiger partial charge is 0.412 e. The number of aromatic amines is 1. The molecule has 0 saturated carbocycles. The van der Waals surface area contributed by atoms with Gasteiger partial charge in [-0.15, -0.1) is 5.10 Å². The quantitative estimate of drug-likeness (QED) is 0.720. The Bertz CT molecular complexity index is 979. The number of allylic oxidation sites excluding steroid dienone is 4. The van der Waals surface area contributed by atoms with E-state index in [-0.39, 0.29) is 11.8 Å². The lowest BCUT2D eigenvalue weighted by molar-refractivity contribution is -0.0913. The molecule has 9 heteroatoms. The highest BCUT2D eigenvalue weighted by molar-refractivity contribution is 5.65. The first-order chi connectivity index (χ1) is 14.3. The summed E-state index contributed by atoms with van der Waals surface area (Å²) in [6.45, 7) is 4.28. The van der Waals surface area contributed by atoms with Gasteiger partial charge in [0.2, 0.25) is 0 Å². The zero-order chi connectivity index (χ0) is 21.7. The van der Waals surface area contributed by atoms with Crippen molar-refractivity contribution in [3.63, 3.8) is 0 Å². The van der Waals surface area contributed by atoms with E-state index in [1.54, 1.807) is 0 Å². The molecule has 1 aromatic heterocycles. The molecule has 1 N–H and O–H groups in total. The van der Waals surface area contributed by atoms with Crippen LogP contribution < -0.4 is 4.74 Å². The third kappa shape index (κ3) is 5.20. The number of hydrogen-bond donors (Lipinski definition) is 1. The molecule has 2 heterocycles. The second-order valence-electron chi connectivity index (χ2n) is 7.12. The number of alkyl halides is 3. The molecular formula is C21H22F3N5O. The number of H-pyrrole nitrogens is 1. The molecule has 0 unspecified atom stereocenters. The molecule has 0 amide bonds. The summed E-state index contributed by atoms with van der Waals surface area (Å²) < 4.78 is 43.9. The van der Waals surface area contributed by atoms with Gasteiger partial charge in [0.05, 0.1) is 0 Å². The summed E-state index contributed by atoms with van der Waals surface area (Å²) in [4.78, 5) is 2.06. The number of piperidine rings is 1. The molecule has 6 nitrogen and oxygen atoms in total. The van der Waals surface area contributed by atoms with Gasteiger partial charge in [-0.05, 0) is 32.1 Å². The molecule has 1 aromatic carbocycles. The van der Waals surface area contributed by atoms with Crippen molar-refractivity contribution in [1.29, 1.82) is 5.26 Å². The van der Waals surface area contributed by atoms with Gasteiger partial charge in [0, 0.05) is 42.8 Å². The van der Waals surface area contributed by atoms with Crippen LogP contribution in [-0.2, 0) is 0 Å². The average Bonchev–Trinajstić information content (AvgIpc) is 3.21. The highest BCUT2D eigenvalue weighted by Gasteiger charge is 2.29. The number of halogens is 3. The summed E-state index contributed by atoms with van der Waals surface area (Å²) in [6.07, 6.45) is -0.160. The van der Waals surface area contributed by atoms with Crippen LogP contribution >= 0.6 is 0 Å². The van der Waals surface area contributed by atoms with E-state index in [1.807, 2.05) is 37.3 Å². The van der Waals surface area contributed by atoms with Crippen molar-refractivity contribution < 1.29 is 17.9 Å². The molecule has 30 heavy (non-hydrogen) atoms. The Morgan fingerprint density at radius 1 is 1.23 bits per heavy atom. The number of aromatic nitrogens is 3. The second kappa shape index (κ2) is 9.03. The lowest BCUT2D eigenvalue weighted by Crippen LogP contribution is -2.37. The largest absolute Gasteiger partial charge is 0.490 e. The third-order valence-electron chi connectivity index (χ3n) is 5.03. The van der Waals surface area contributed by atoms with E-state index in [2.05, 4.69) is 20.3 Å². The van der Waals surface area contributed by atoms with Crippen LogP contribution in [0.3, 0.4) is 0 Å². The van der Waals surface area contributed by atoms with Crippen molar-refractivity contribution in [2.45, 2.75) is 39.0 Å². The summed E-state index contributed by atoms with van der Waals surface area (Å²) in [5, 5.41) is 19.4. The van der Waals surface area contributed by atoms with Gasteiger partial charge in [-0.1, -0.05) is 18.2 Å². The summed E-state index contributed by atoms with van der Waals surface area (Å²) in [5.74, 6) is 0.675. The monoisotopic (exact) mass is 417 g/mol. The fourth-order valence-corrected chi connectivity index (χ4v) is 3.19. The molecule has 0 atom stereocenters. The first-order valence-electron chi connectivity index (χ1n) is 9.53. The minimum absolute atomic E-state index is 0.00417. The maximum atomic E-state index is 12.6. The molecule has 3 rings (SSSR count). The Morgan fingerprint density at radius 3 is 2.63 bits per heavy atom. The number of benzene rings is 1. The predicted molar refractivity (Wildman–Crippen MR) is 105 cm³/mol. The fraction of sp³-hybridized carbons (Fsp3) is 0.381. The van der Waals surface area contributed by atoms with Gasteiger partial charge in [0.15, 0.2) is 5.69 Å². The minimum atomic E-state index is -4.30. The predicted octanol–water partition coefficient (Wildman–Crippen LogP) is 4.60. The van der Waals surface area contributed by atoms with Crippen molar-refractivity contribution in [2.75, 3.05) is 13.1 Å². The van der Waals surface area contributed by atoms with Crippen LogP contribution in [0, 0.1) is 11.3 Å². The van der Waals surface area contributed by atoms with Gasteiger partial charge < -0.3 is 9.64 Å². The molecule has 1 aliphatic heterocycles. The van der Waals surface area contributed by atoms with Crippen molar-refractivity contribution in [3.8, 4) is 23.1 Å². The number of nitriles is 1. The number of hydrogen-bond acceptors (Lipinski definition) is 5. The van der Waals surface area contributed by atoms with Crippen LogP contribution in [0.4, 0.5) is 13.2 Å². The van der Waals surface area contributed by atoms with E-state index >= 15 is 0 Å². The zero-order valence-electron chi connectivity index (χ0n) is 16.7. The summed E-state index contributed by atoms with van der Waals surface area (Å²) in [5.41, 5.74) is 1.61. The topological polar surface area (TPSA) is 77.8 Å². The fourth-order valence-electron chi connectivity index (χ4n) is 3.19. The van der Waals surface area contributed by atoms with Crippen molar-refractivity contribution in [2.24, 2.45) is 0 Å². The summed E-state index contributed by atoms with van der Waals surface area (Å²) >= 11 is 0. The van der Waals surface area contributed by atoms with Crippen LogP contribution in [0.2, 0.25) is 0 Å². The Balaban J connectivity index is 1.59. The maximum Gasteiger partial charge on any atom is 0.412 e. The third-order valence-corrected chi connectivity index (χ3v) is 5.03. The van der Waals surface area contributed by atoms with E-state index in [0.29, 0.717) is 24.5 Å². The molecule has 0 aliphatic carbocycles. The molecule has 1 saturated heterocycles. The Hall–Kier alpha value is -3.28. The van der Waals surface area contributed by atoms with Gasteiger partial charge in [0.25, 0.3) is 0 Å². The lowest BCUT2D eigenvalue weighted by atomic mass is 10.1. The first-order valence-corrected chi connectivity index (χ1v) is 9.53. The number of likely N-dealkylation sites (tertiary alicyclic amines) is 1. The minimum Gasteiger partial charge on any atom is -0.490 e. The summed E-state index contributed by atoms with van der Waals surface area (Å²) in [6, 6.07) is 9.32. The van der Waals surface area contributed by atoms with Crippen LogP contribution in [0.15, 0.2) is 47.7 Å². The number of rotatable bonds is 5. The van der Waals surface area contributed by atoms with Gasteiger partial charge in [-0.2, -0.15) is 28.7 Å². The molecule has 0 bridgehead atoms. The zero-order valence-corrected chi connectivity index (χ0v) is 16.7. The SMILES string of the molecule is C/C(=C\C=C(/C)C(F)(F)F)N1CCC(Oc2cccc(-c3n[nH]nc3C#N)c2)CC1. The molecule has 158 valence electrons. The van der Waals surface area contributed by atoms with Crippen LogP contribution in [0.25, 0.3) is 11.3 Å². The van der Waals surface area contributed by atoms with Gasteiger partial charge in [-0.3, -0.25) is 0 Å². The van der Waals surface area contributed by atoms with Gasteiger partial charge in [-0.25, -0.2) is 0 Å². The van der Waals surface area contributed by atoms with Crippen molar-refractivity contribution in [3.05, 3.63) is 53.4 Å². The van der Waals surface area contributed by atoms with Crippen molar-refractivity contribution in [1.82, 2.24) is 20.3 Å². The highest BCUT2D eigenvalue weighted by Crippen LogP contribution is 2.27. The van der Waals surface area contributed by atoms with E-state index in [4.69, 9.17) is 10.00 Å². The highest BCUT2D eigenvalue weighted by atomic mass is 19.4. The van der Waals surface area contributed by atoms with E-state index < -0.39 is 11.7 Å². The lowest BCUT2D eigenvalue weighted by Gasteiger charge is -2.34. The number of nitrogens with zero attached hydrogens (tertiary/aromatic N) is 4. The maximum absolute atomic E-state index is 12.6. The van der Waals surface area contributed by atoms with Crippen molar-refractivity contribution >= 4 is 0 Å². The molecule has 1 fully saturated rings. The summed E-state index contributed by atoms with van der Waals surface area (Å²) in [7, 11) is 0. The van der Waals surface area contributed by atoms with Crippen LogP contribution in [0.1, 0.15) is 32.4 Å². The molecule has 0 radical (unpaired) electrons. The normalized spacial score (nSPS) is 16.5. The number of ether oxygens (including phenoxy) is 1. The molecular weight excluding hydrogens is 395 g/mol. The molecule has 2 aromatic rings. The Morgan fingerprint density at radius 2 is 1.97 bits per heavy atom. The van der Waals surface area contributed by atoms with Gasteiger partial charge in [0.1, 0.15) is 23.6 Å². The van der Waals surface area contributed by atoms with E-state index in [0.717, 1.165) is 37.1 Å².